The summed E-state index contributed by atoms with van der Waals surface area (Å²) in [5.74, 6) is -9.29. The first kappa shape index (κ1) is 37.4. The van der Waals surface area contributed by atoms with Crippen LogP contribution in [-0.2, 0) is 14.4 Å². The molecule has 222 valence electrons. The molecule has 0 amide bonds. The Bertz CT molecular complexity index is 1330. The Balaban J connectivity index is 0.000000608. The maximum Gasteiger partial charge on any atom is 3.00 e. The van der Waals surface area contributed by atoms with E-state index in [1.807, 2.05) is 0 Å². The van der Waals surface area contributed by atoms with Gasteiger partial charge in [0.05, 0.1) is 0 Å². The SMILES string of the molecule is CC(=O)Oc1c([O-])cccc1C(=O)O.CC(=O)Oc1c([O-])cccc1C(=O)O.CC(=O)Oc1c([O-])cccc1C(=O)O.[Al+3]. The first-order chi connectivity index (χ1) is 19.6. The topological polar surface area (TPSA) is 260 Å². The summed E-state index contributed by atoms with van der Waals surface area (Å²) < 4.78 is 13.5. The van der Waals surface area contributed by atoms with Gasteiger partial charge in [0.2, 0.25) is 0 Å². The number of aromatic carboxylic acids is 3. The molecular formula is C27H21AlO15. The minimum atomic E-state index is -1.31. The molecule has 0 aliphatic rings. The maximum atomic E-state index is 11.1. The van der Waals surface area contributed by atoms with E-state index in [0.29, 0.717) is 0 Å². The molecule has 0 unspecified atom stereocenters. The van der Waals surface area contributed by atoms with Crippen molar-refractivity contribution in [2.45, 2.75) is 20.8 Å². The fourth-order valence-corrected chi connectivity index (χ4v) is 2.80. The van der Waals surface area contributed by atoms with Crippen LogP contribution in [0.5, 0.6) is 34.5 Å². The number of carboxylic acid groups (broad SMARTS) is 3. The van der Waals surface area contributed by atoms with E-state index >= 15 is 0 Å². The van der Waals surface area contributed by atoms with Crippen LogP contribution in [-0.4, -0.2) is 68.5 Å². The van der Waals surface area contributed by atoms with Crippen molar-refractivity contribution in [3.63, 3.8) is 0 Å². The average Bonchev–Trinajstić information content (AvgIpc) is 2.87. The molecule has 0 saturated heterocycles. The van der Waals surface area contributed by atoms with Gasteiger partial charge >= 0.3 is 53.2 Å². The van der Waals surface area contributed by atoms with Gasteiger partial charge in [-0.05, 0) is 18.2 Å². The molecule has 0 fully saturated rings. The van der Waals surface area contributed by atoms with E-state index < -0.39 is 70.3 Å². The molecule has 3 aromatic rings. The Morgan fingerprint density at radius 1 is 0.488 bits per heavy atom. The van der Waals surface area contributed by atoms with Gasteiger partial charge in [0.25, 0.3) is 0 Å². The van der Waals surface area contributed by atoms with Crippen molar-refractivity contribution in [3.8, 4) is 34.5 Å². The molecule has 43 heavy (non-hydrogen) atoms. The summed E-state index contributed by atoms with van der Waals surface area (Å²) in [5.41, 5.74) is -0.937. The second-order valence-corrected chi connectivity index (χ2v) is 7.59. The van der Waals surface area contributed by atoms with Crippen molar-refractivity contribution in [2.75, 3.05) is 0 Å². The average molecular weight is 612 g/mol. The molecule has 3 N–H and O–H groups in total. The van der Waals surface area contributed by atoms with E-state index in [1.54, 1.807) is 0 Å². The van der Waals surface area contributed by atoms with E-state index in [0.717, 1.165) is 39.0 Å². The Kier molecular flexibility index (Phi) is 15.0. The van der Waals surface area contributed by atoms with Crippen molar-refractivity contribution >= 4 is 53.2 Å². The van der Waals surface area contributed by atoms with Crippen LogP contribution in [0.2, 0.25) is 0 Å². The Labute approximate surface area is 253 Å². The fourth-order valence-electron chi connectivity index (χ4n) is 2.80. The third-order valence-electron chi connectivity index (χ3n) is 4.37. The van der Waals surface area contributed by atoms with E-state index in [2.05, 4.69) is 14.2 Å². The number of hydrogen-bond donors (Lipinski definition) is 3. The molecule has 0 spiro atoms. The molecule has 0 radical (unpaired) electrons. The largest absolute Gasteiger partial charge is 3.00 e. The molecular weight excluding hydrogens is 591 g/mol. The van der Waals surface area contributed by atoms with Crippen LogP contribution in [0.3, 0.4) is 0 Å². The fraction of sp³-hybridized carbons (Fsp3) is 0.111. The van der Waals surface area contributed by atoms with Gasteiger partial charge < -0.3 is 44.8 Å². The summed E-state index contributed by atoms with van der Waals surface area (Å²) >= 11 is 0. The molecule has 3 aromatic carbocycles. The van der Waals surface area contributed by atoms with Gasteiger partial charge in [-0.25, -0.2) is 14.4 Å². The van der Waals surface area contributed by atoms with E-state index in [4.69, 9.17) is 15.3 Å². The van der Waals surface area contributed by atoms with Gasteiger partial charge in [-0.3, -0.25) is 14.4 Å². The third-order valence-corrected chi connectivity index (χ3v) is 4.37. The number of benzene rings is 3. The third kappa shape index (κ3) is 11.8. The Morgan fingerprint density at radius 3 is 0.860 bits per heavy atom. The molecule has 15 nitrogen and oxygen atoms in total. The molecule has 0 atom stereocenters. The zero-order valence-corrected chi connectivity index (χ0v) is 23.7. The monoisotopic (exact) mass is 612 g/mol. The maximum absolute atomic E-state index is 11.1. The summed E-state index contributed by atoms with van der Waals surface area (Å²) in [6.07, 6.45) is 0. The number of para-hydroxylation sites is 3. The van der Waals surface area contributed by atoms with Crippen molar-refractivity contribution in [1.29, 1.82) is 0 Å². The van der Waals surface area contributed by atoms with Crippen molar-refractivity contribution in [1.82, 2.24) is 0 Å². The first-order valence-electron chi connectivity index (χ1n) is 11.2. The van der Waals surface area contributed by atoms with Crippen LogP contribution < -0.4 is 29.5 Å². The minimum Gasteiger partial charge on any atom is -0.870 e. The first-order valence-corrected chi connectivity index (χ1v) is 11.2. The van der Waals surface area contributed by atoms with E-state index in [9.17, 15) is 44.1 Å². The number of carboxylic acids is 3. The Morgan fingerprint density at radius 2 is 0.698 bits per heavy atom. The van der Waals surface area contributed by atoms with Gasteiger partial charge in [-0.1, -0.05) is 53.6 Å². The Hall–Kier alpha value is -5.59. The molecule has 0 aliphatic carbocycles. The summed E-state index contributed by atoms with van der Waals surface area (Å²) in [7, 11) is 0. The number of carbonyl (C=O) groups excluding carboxylic acids is 3. The summed E-state index contributed by atoms with van der Waals surface area (Å²) in [6.45, 7) is 3.29. The van der Waals surface area contributed by atoms with Gasteiger partial charge in [0.15, 0.2) is 0 Å². The standard InChI is InChI=1S/3C9H8O5.Al/c3*1-5(10)14-8-6(9(12)13)3-2-4-7(8)11;/h3*2-4,11H,1H3,(H,12,13);/q;;;+3/p-3. The molecule has 0 aliphatic heterocycles. The molecule has 3 rings (SSSR count). The van der Waals surface area contributed by atoms with Gasteiger partial charge in [0.1, 0.15) is 33.9 Å². The second kappa shape index (κ2) is 17.3. The zero-order valence-electron chi connectivity index (χ0n) is 22.5. The number of esters is 3. The van der Waals surface area contributed by atoms with Gasteiger partial charge in [-0.2, -0.15) is 0 Å². The number of ether oxygens (including phenoxy) is 3. The van der Waals surface area contributed by atoms with Crippen molar-refractivity contribution in [2.24, 2.45) is 0 Å². The van der Waals surface area contributed by atoms with Crippen molar-refractivity contribution in [3.05, 3.63) is 71.3 Å². The van der Waals surface area contributed by atoms with Crippen molar-refractivity contribution < 1.29 is 73.6 Å². The number of hydrogen-bond acceptors (Lipinski definition) is 12. The van der Waals surface area contributed by atoms with E-state index in [1.165, 1.54) is 36.4 Å². The predicted molar refractivity (Wildman–Crippen MR) is 138 cm³/mol. The van der Waals surface area contributed by atoms with Crippen LogP contribution in [0.1, 0.15) is 51.8 Å². The normalized spacial score (nSPS) is 9.28. The second-order valence-electron chi connectivity index (χ2n) is 7.59. The van der Waals surface area contributed by atoms with Gasteiger partial charge in [0, 0.05) is 20.8 Å². The molecule has 0 bridgehead atoms. The molecule has 16 heteroatoms. The zero-order chi connectivity index (χ0) is 32.1. The van der Waals surface area contributed by atoms with Crippen LogP contribution in [0, 0.1) is 0 Å². The quantitative estimate of drug-likeness (QED) is 0.197. The summed E-state index contributed by atoms with van der Waals surface area (Å²) in [6, 6.07) is 10.8. The van der Waals surface area contributed by atoms with E-state index in [-0.39, 0.29) is 34.1 Å². The van der Waals surface area contributed by atoms with Crippen LogP contribution in [0.15, 0.2) is 54.6 Å². The number of rotatable bonds is 6. The van der Waals surface area contributed by atoms with Crippen LogP contribution >= 0.6 is 0 Å². The number of carbonyl (C=O) groups is 6. The summed E-state index contributed by atoms with van der Waals surface area (Å²) in [5, 5.41) is 59.4. The van der Waals surface area contributed by atoms with Crippen LogP contribution in [0.25, 0.3) is 0 Å². The summed E-state index contributed by atoms with van der Waals surface area (Å²) in [4.78, 5) is 63.6. The van der Waals surface area contributed by atoms with Gasteiger partial charge in [-0.15, -0.1) is 0 Å². The van der Waals surface area contributed by atoms with Crippen LogP contribution in [0.4, 0.5) is 0 Å². The molecule has 0 saturated carbocycles. The predicted octanol–water partition coefficient (Wildman–Crippen LogP) is 0.770. The molecule has 0 aromatic heterocycles. The molecule has 0 heterocycles. The minimum absolute atomic E-state index is 0. The smallest absolute Gasteiger partial charge is 0.870 e.